The van der Waals surface area contributed by atoms with Crippen molar-refractivity contribution < 1.29 is 28.6 Å². The highest BCUT2D eigenvalue weighted by molar-refractivity contribution is 5.71. The van der Waals surface area contributed by atoms with Crippen molar-refractivity contribution in [3.8, 4) is 0 Å². The van der Waals surface area contributed by atoms with Crippen molar-refractivity contribution in [1.29, 1.82) is 0 Å². The summed E-state index contributed by atoms with van der Waals surface area (Å²) in [5.74, 6) is -1.04. The van der Waals surface area contributed by atoms with Crippen LogP contribution in [0.4, 0.5) is 0 Å². The van der Waals surface area contributed by atoms with E-state index < -0.39 is 6.10 Å². The van der Waals surface area contributed by atoms with E-state index in [0.29, 0.717) is 12.8 Å². The van der Waals surface area contributed by atoms with Crippen molar-refractivity contribution >= 4 is 17.9 Å². The van der Waals surface area contributed by atoms with Gasteiger partial charge < -0.3 is 14.2 Å². The van der Waals surface area contributed by atoms with Gasteiger partial charge in [0.2, 0.25) is 0 Å². The first-order chi connectivity index (χ1) is 31.5. The molecule has 6 heteroatoms. The molecule has 6 nitrogen and oxygen atoms in total. The van der Waals surface area contributed by atoms with Gasteiger partial charge in [-0.3, -0.25) is 14.4 Å². The Morgan fingerprint density at radius 3 is 1.17 bits per heavy atom. The highest BCUT2D eigenvalue weighted by Crippen LogP contribution is 2.13. The molecule has 0 saturated heterocycles. The Kier molecular flexibility index (Phi) is 48.5. The third-order valence-corrected chi connectivity index (χ3v) is 10.7. The first-order valence-corrected chi connectivity index (χ1v) is 26.0. The molecule has 0 N–H and O–H groups in total. The van der Waals surface area contributed by atoms with E-state index in [9.17, 15) is 14.4 Å². The molecule has 0 heterocycles. The fourth-order valence-electron chi connectivity index (χ4n) is 6.74. The van der Waals surface area contributed by atoms with E-state index >= 15 is 0 Å². The molecular weight excluding hydrogens is 793 g/mol. The lowest BCUT2D eigenvalue weighted by Gasteiger charge is -2.18. The second-order valence-electron chi connectivity index (χ2n) is 16.8. The van der Waals surface area contributed by atoms with Gasteiger partial charge in [0.15, 0.2) is 6.10 Å². The summed E-state index contributed by atoms with van der Waals surface area (Å²) in [5, 5.41) is 0. The second-order valence-corrected chi connectivity index (χ2v) is 16.8. The summed E-state index contributed by atoms with van der Waals surface area (Å²) in [6.07, 6.45) is 69.4. The molecule has 64 heavy (non-hydrogen) atoms. The average Bonchev–Trinajstić information content (AvgIpc) is 3.29. The summed E-state index contributed by atoms with van der Waals surface area (Å²) < 4.78 is 16.7. The maximum absolute atomic E-state index is 12.8. The summed E-state index contributed by atoms with van der Waals surface area (Å²) in [6, 6.07) is 0. The molecule has 1 unspecified atom stereocenters. The summed E-state index contributed by atoms with van der Waals surface area (Å²) >= 11 is 0. The van der Waals surface area contributed by atoms with E-state index in [-0.39, 0.29) is 44.0 Å². The monoisotopic (exact) mass is 887 g/mol. The zero-order valence-electron chi connectivity index (χ0n) is 41.3. The minimum absolute atomic E-state index is 0.118. The quantitative estimate of drug-likeness (QED) is 0.0199. The summed E-state index contributed by atoms with van der Waals surface area (Å²) in [6.45, 7) is 6.37. The van der Waals surface area contributed by atoms with Gasteiger partial charge in [-0.1, -0.05) is 226 Å². The smallest absolute Gasteiger partial charge is 0.306 e. The van der Waals surface area contributed by atoms with E-state index in [1.165, 1.54) is 70.6 Å². The lowest BCUT2D eigenvalue weighted by atomic mass is 10.1. The second kappa shape index (κ2) is 51.7. The van der Waals surface area contributed by atoms with Gasteiger partial charge >= 0.3 is 17.9 Å². The van der Waals surface area contributed by atoms with E-state index in [1.807, 2.05) is 30.4 Å². The van der Waals surface area contributed by atoms with Gasteiger partial charge in [0.25, 0.3) is 0 Å². The molecule has 362 valence electrons. The van der Waals surface area contributed by atoms with Crippen LogP contribution in [-0.2, 0) is 28.6 Å². The van der Waals surface area contributed by atoms with Gasteiger partial charge in [0.05, 0.1) is 0 Å². The highest BCUT2D eigenvalue weighted by Gasteiger charge is 2.19. The van der Waals surface area contributed by atoms with Crippen molar-refractivity contribution in [2.24, 2.45) is 0 Å². The molecule has 0 aliphatic carbocycles. The van der Waals surface area contributed by atoms with Crippen LogP contribution in [0.5, 0.6) is 0 Å². The molecule has 0 rings (SSSR count). The number of hydrogen-bond donors (Lipinski definition) is 0. The van der Waals surface area contributed by atoms with Crippen LogP contribution < -0.4 is 0 Å². The van der Waals surface area contributed by atoms with E-state index in [1.54, 1.807) is 0 Å². The SMILES string of the molecule is CC/C=C/C=C/C=C/C=C/CCCCCCCC(=O)OC(COC(=O)CC/C=C/C/C=C/CCCCCCCC)COC(=O)CCCCCCC/C=C/C=C/C=C/CCCCCCC. The van der Waals surface area contributed by atoms with Gasteiger partial charge in [0, 0.05) is 19.3 Å². The summed E-state index contributed by atoms with van der Waals surface area (Å²) in [7, 11) is 0. The van der Waals surface area contributed by atoms with Gasteiger partial charge in [-0.15, -0.1) is 0 Å². The molecular formula is C58H94O6. The molecule has 0 saturated carbocycles. The minimum Gasteiger partial charge on any atom is -0.462 e. The first kappa shape index (κ1) is 60.1. The lowest BCUT2D eigenvalue weighted by Crippen LogP contribution is -2.30. The Morgan fingerprint density at radius 2 is 0.703 bits per heavy atom. The van der Waals surface area contributed by atoms with Crippen LogP contribution in [0, 0.1) is 0 Å². The number of carbonyl (C=O) groups excluding carboxylic acids is 3. The topological polar surface area (TPSA) is 78.9 Å². The van der Waals surface area contributed by atoms with Crippen LogP contribution >= 0.6 is 0 Å². The van der Waals surface area contributed by atoms with E-state index in [2.05, 4.69) is 99.8 Å². The zero-order valence-corrected chi connectivity index (χ0v) is 41.3. The largest absolute Gasteiger partial charge is 0.462 e. The molecule has 0 radical (unpaired) electrons. The Hall–Kier alpha value is -3.93. The van der Waals surface area contributed by atoms with Crippen LogP contribution in [0.2, 0.25) is 0 Å². The Bertz CT molecular complexity index is 1340. The number of allylic oxidation sites excluding steroid dienone is 18. The molecule has 0 amide bonds. The molecule has 0 spiro atoms. The number of ether oxygens (including phenoxy) is 3. The van der Waals surface area contributed by atoms with Gasteiger partial charge in [0.1, 0.15) is 13.2 Å². The Morgan fingerprint density at radius 1 is 0.344 bits per heavy atom. The molecule has 0 aliphatic heterocycles. The molecule has 0 aromatic carbocycles. The fraction of sp³-hybridized carbons (Fsp3) is 0.638. The number of hydrogen-bond acceptors (Lipinski definition) is 6. The van der Waals surface area contributed by atoms with Gasteiger partial charge in [-0.2, -0.15) is 0 Å². The van der Waals surface area contributed by atoms with Gasteiger partial charge in [-0.25, -0.2) is 0 Å². The number of rotatable bonds is 45. The number of esters is 3. The van der Waals surface area contributed by atoms with Crippen LogP contribution in [0.1, 0.15) is 220 Å². The first-order valence-electron chi connectivity index (χ1n) is 26.0. The van der Waals surface area contributed by atoms with E-state index in [0.717, 1.165) is 103 Å². The van der Waals surface area contributed by atoms with E-state index in [4.69, 9.17) is 14.2 Å². The third-order valence-electron chi connectivity index (χ3n) is 10.7. The zero-order chi connectivity index (χ0) is 46.5. The Balaban J connectivity index is 4.54. The van der Waals surface area contributed by atoms with Crippen molar-refractivity contribution in [1.82, 2.24) is 0 Å². The summed E-state index contributed by atoms with van der Waals surface area (Å²) in [4.78, 5) is 37.9. The average molecular weight is 887 g/mol. The third kappa shape index (κ3) is 49.1. The van der Waals surface area contributed by atoms with Crippen LogP contribution in [-0.4, -0.2) is 37.2 Å². The fourth-order valence-corrected chi connectivity index (χ4v) is 6.74. The predicted molar refractivity (Wildman–Crippen MR) is 274 cm³/mol. The van der Waals surface area contributed by atoms with Crippen LogP contribution in [0.25, 0.3) is 0 Å². The van der Waals surface area contributed by atoms with Crippen LogP contribution in [0.15, 0.2) is 109 Å². The summed E-state index contributed by atoms with van der Waals surface area (Å²) in [5.41, 5.74) is 0. The van der Waals surface area contributed by atoms with Crippen molar-refractivity contribution in [3.05, 3.63) is 109 Å². The lowest BCUT2D eigenvalue weighted by molar-refractivity contribution is -0.166. The number of carbonyl (C=O) groups is 3. The normalized spacial score (nSPS) is 13.0. The van der Waals surface area contributed by atoms with Gasteiger partial charge in [-0.05, 0) is 83.5 Å². The van der Waals surface area contributed by atoms with Crippen LogP contribution in [0.3, 0.4) is 0 Å². The predicted octanol–water partition coefficient (Wildman–Crippen LogP) is 17.1. The molecule has 0 bridgehead atoms. The Labute approximate surface area is 393 Å². The molecule has 1 atom stereocenters. The standard InChI is InChI=1S/C58H94O6/c1-4-7-10-13-16-19-22-25-27-28-29-31-33-36-39-42-45-48-51-57(60)63-54-55(53-62-56(59)50-47-44-41-38-35-32-24-21-18-15-12-9-6-3)64-58(61)52-49-46-43-40-37-34-30-26-23-20-17-14-11-8-5-2/h8,11,14,17,20,22-23,25-32,35,41,44,55H,4-7,9-10,12-13,15-16,18-19,21,24,33-34,36-40,42-43,45-54H2,1-3H3/b11-8+,17-14+,23-20+,25-22+,28-27+,30-26+,31-29+,35-32+,44-41+. The minimum atomic E-state index is -0.823. The molecule has 0 aromatic rings. The molecule has 0 aliphatic rings. The molecule has 0 fully saturated rings. The van der Waals surface area contributed by atoms with Crippen molar-refractivity contribution in [3.63, 3.8) is 0 Å². The highest BCUT2D eigenvalue weighted by atomic mass is 16.6. The maximum Gasteiger partial charge on any atom is 0.306 e. The maximum atomic E-state index is 12.8. The van der Waals surface area contributed by atoms with Crippen molar-refractivity contribution in [2.75, 3.05) is 13.2 Å². The number of unbranched alkanes of at least 4 members (excludes halogenated alkanes) is 21. The molecule has 0 aromatic heterocycles. The van der Waals surface area contributed by atoms with Crippen molar-refractivity contribution in [2.45, 2.75) is 226 Å².